The van der Waals surface area contributed by atoms with Crippen molar-refractivity contribution in [3.63, 3.8) is 0 Å². The summed E-state index contributed by atoms with van der Waals surface area (Å²) in [7, 11) is 0. The largest absolute Gasteiger partial charge is 0.393 e. The molecular weight excluding hydrogens is 218 g/mol. The van der Waals surface area contributed by atoms with Crippen LogP contribution in [0.25, 0.3) is 0 Å². The second-order valence-corrected chi connectivity index (χ2v) is 5.60. The predicted molar refractivity (Wildman–Crippen MR) is 59.9 cm³/mol. The smallest absolute Gasteiger partial charge is 0.0931 e. The lowest BCUT2D eigenvalue weighted by Crippen LogP contribution is -2.44. The van der Waals surface area contributed by atoms with Crippen molar-refractivity contribution >= 4 is 22.9 Å². The van der Waals surface area contributed by atoms with E-state index < -0.39 is 0 Å². The van der Waals surface area contributed by atoms with Gasteiger partial charge in [-0.2, -0.15) is 0 Å². The number of rotatable bonds is 3. The fourth-order valence-corrected chi connectivity index (χ4v) is 2.79. The quantitative estimate of drug-likeness (QED) is 0.838. The van der Waals surface area contributed by atoms with Crippen LogP contribution in [-0.4, -0.2) is 17.3 Å². The minimum Gasteiger partial charge on any atom is -0.393 e. The van der Waals surface area contributed by atoms with Crippen LogP contribution in [0.1, 0.15) is 30.7 Å². The molecular formula is C10H14ClNOS. The van der Waals surface area contributed by atoms with E-state index in [-0.39, 0.29) is 6.10 Å². The van der Waals surface area contributed by atoms with Gasteiger partial charge in [-0.05, 0) is 31.9 Å². The van der Waals surface area contributed by atoms with Crippen LogP contribution in [0.15, 0.2) is 12.1 Å². The molecule has 0 aromatic carbocycles. The molecule has 1 unspecified atom stereocenters. The van der Waals surface area contributed by atoms with Gasteiger partial charge in [0.15, 0.2) is 0 Å². The van der Waals surface area contributed by atoms with Crippen molar-refractivity contribution in [2.45, 2.75) is 38.0 Å². The summed E-state index contributed by atoms with van der Waals surface area (Å²) in [5.74, 6) is 0. The zero-order chi connectivity index (χ0) is 10.1. The third-order valence-corrected chi connectivity index (χ3v) is 4.03. The Morgan fingerprint density at radius 3 is 2.79 bits per heavy atom. The van der Waals surface area contributed by atoms with Crippen LogP contribution in [0.2, 0.25) is 4.34 Å². The van der Waals surface area contributed by atoms with E-state index in [2.05, 4.69) is 18.3 Å². The van der Waals surface area contributed by atoms with E-state index in [1.807, 2.05) is 6.07 Å². The molecule has 2 nitrogen and oxygen atoms in total. The molecule has 2 rings (SSSR count). The van der Waals surface area contributed by atoms with Gasteiger partial charge in [0, 0.05) is 17.0 Å². The Morgan fingerprint density at radius 1 is 1.57 bits per heavy atom. The van der Waals surface area contributed by atoms with Crippen molar-refractivity contribution in [3.05, 3.63) is 21.3 Å². The van der Waals surface area contributed by atoms with Gasteiger partial charge in [-0.1, -0.05) is 11.6 Å². The van der Waals surface area contributed by atoms with Gasteiger partial charge in [0.2, 0.25) is 0 Å². The first-order valence-corrected chi connectivity index (χ1v) is 6.04. The van der Waals surface area contributed by atoms with Crippen molar-refractivity contribution in [2.75, 3.05) is 0 Å². The fourth-order valence-electron chi connectivity index (χ4n) is 1.72. The van der Waals surface area contributed by atoms with E-state index in [0.29, 0.717) is 12.1 Å². The van der Waals surface area contributed by atoms with Crippen molar-refractivity contribution in [2.24, 2.45) is 0 Å². The van der Waals surface area contributed by atoms with Crippen LogP contribution in [0.3, 0.4) is 0 Å². The normalized spacial score (nSPS) is 28.5. The zero-order valence-electron chi connectivity index (χ0n) is 8.03. The van der Waals surface area contributed by atoms with Gasteiger partial charge in [0.1, 0.15) is 0 Å². The molecule has 2 N–H and O–H groups in total. The lowest BCUT2D eigenvalue weighted by molar-refractivity contribution is 0.0587. The highest BCUT2D eigenvalue weighted by atomic mass is 35.5. The number of thiophene rings is 1. The second kappa shape index (κ2) is 4.19. The van der Waals surface area contributed by atoms with E-state index in [9.17, 15) is 0 Å². The van der Waals surface area contributed by atoms with E-state index >= 15 is 0 Å². The number of hydrogen-bond donors (Lipinski definition) is 2. The van der Waals surface area contributed by atoms with Gasteiger partial charge < -0.3 is 10.4 Å². The van der Waals surface area contributed by atoms with Crippen molar-refractivity contribution in [3.8, 4) is 0 Å². The average molecular weight is 232 g/mol. The average Bonchev–Trinajstić information content (AvgIpc) is 2.49. The summed E-state index contributed by atoms with van der Waals surface area (Å²) in [6, 6.07) is 4.79. The topological polar surface area (TPSA) is 32.3 Å². The Morgan fingerprint density at radius 2 is 2.29 bits per heavy atom. The summed E-state index contributed by atoms with van der Waals surface area (Å²) in [4.78, 5) is 1.26. The van der Waals surface area contributed by atoms with E-state index in [1.165, 1.54) is 4.88 Å². The highest BCUT2D eigenvalue weighted by Crippen LogP contribution is 2.29. The first-order chi connectivity index (χ1) is 6.65. The summed E-state index contributed by atoms with van der Waals surface area (Å²) in [6.45, 7) is 2.13. The van der Waals surface area contributed by atoms with Gasteiger partial charge in [0.05, 0.1) is 10.4 Å². The Kier molecular flexibility index (Phi) is 3.12. The highest BCUT2D eigenvalue weighted by Gasteiger charge is 2.28. The van der Waals surface area contributed by atoms with E-state index in [4.69, 9.17) is 16.7 Å². The molecule has 1 aliphatic rings. The van der Waals surface area contributed by atoms with Gasteiger partial charge in [0.25, 0.3) is 0 Å². The summed E-state index contributed by atoms with van der Waals surface area (Å²) < 4.78 is 0.835. The summed E-state index contributed by atoms with van der Waals surface area (Å²) >= 11 is 7.48. The maximum absolute atomic E-state index is 9.15. The molecule has 1 saturated carbocycles. The standard InChI is InChI=1S/C10H14ClNOS/c1-6(9-2-3-10(11)14-9)12-7-4-8(13)5-7/h2-3,6-8,12-13H,4-5H2,1H3. The molecule has 1 atom stereocenters. The van der Waals surface area contributed by atoms with Crippen LogP contribution < -0.4 is 5.32 Å². The van der Waals surface area contributed by atoms with E-state index in [0.717, 1.165) is 17.2 Å². The highest BCUT2D eigenvalue weighted by molar-refractivity contribution is 7.16. The summed E-state index contributed by atoms with van der Waals surface area (Å²) in [6.07, 6.45) is 1.67. The van der Waals surface area contributed by atoms with Crippen molar-refractivity contribution in [1.29, 1.82) is 0 Å². The van der Waals surface area contributed by atoms with E-state index in [1.54, 1.807) is 11.3 Å². The number of nitrogens with one attached hydrogen (secondary N) is 1. The monoisotopic (exact) mass is 231 g/mol. The Bertz CT molecular complexity index is 309. The number of aliphatic hydroxyl groups excluding tert-OH is 1. The predicted octanol–water partition coefficient (Wildman–Crippen LogP) is 2.58. The molecule has 1 heterocycles. The van der Waals surface area contributed by atoms with Crippen LogP contribution >= 0.6 is 22.9 Å². The molecule has 1 aromatic rings. The van der Waals surface area contributed by atoms with Gasteiger partial charge in [-0.25, -0.2) is 0 Å². The maximum Gasteiger partial charge on any atom is 0.0931 e. The SMILES string of the molecule is CC(NC1CC(O)C1)c1ccc(Cl)s1. The molecule has 0 aliphatic heterocycles. The van der Waals surface area contributed by atoms with Crippen molar-refractivity contribution < 1.29 is 5.11 Å². The molecule has 78 valence electrons. The van der Waals surface area contributed by atoms with Gasteiger partial charge in [-0.15, -0.1) is 11.3 Å². The molecule has 14 heavy (non-hydrogen) atoms. The third-order valence-electron chi connectivity index (χ3n) is 2.62. The molecule has 1 fully saturated rings. The molecule has 0 spiro atoms. The Labute approximate surface area is 92.9 Å². The molecule has 1 aromatic heterocycles. The van der Waals surface area contributed by atoms with Crippen LogP contribution in [0.4, 0.5) is 0 Å². The molecule has 4 heteroatoms. The lowest BCUT2D eigenvalue weighted by Gasteiger charge is -2.34. The van der Waals surface area contributed by atoms with Crippen LogP contribution in [0, 0.1) is 0 Å². The minimum atomic E-state index is -0.0911. The Hall–Kier alpha value is -0.0900. The van der Waals surface area contributed by atoms with Gasteiger partial charge >= 0.3 is 0 Å². The minimum absolute atomic E-state index is 0.0911. The fraction of sp³-hybridized carbons (Fsp3) is 0.600. The zero-order valence-corrected chi connectivity index (χ0v) is 9.61. The first-order valence-electron chi connectivity index (χ1n) is 4.84. The number of halogens is 1. The summed E-state index contributed by atoms with van der Waals surface area (Å²) in [5, 5.41) is 12.6. The number of hydrogen-bond acceptors (Lipinski definition) is 3. The van der Waals surface area contributed by atoms with Crippen molar-refractivity contribution in [1.82, 2.24) is 5.32 Å². The molecule has 0 amide bonds. The molecule has 0 bridgehead atoms. The summed E-state index contributed by atoms with van der Waals surface area (Å²) in [5.41, 5.74) is 0. The lowest BCUT2D eigenvalue weighted by atomic mass is 9.89. The molecule has 1 aliphatic carbocycles. The second-order valence-electron chi connectivity index (χ2n) is 3.85. The van der Waals surface area contributed by atoms with Crippen LogP contribution in [0.5, 0.6) is 0 Å². The number of aliphatic hydroxyl groups is 1. The Balaban J connectivity index is 1.86. The molecule has 0 radical (unpaired) electrons. The third kappa shape index (κ3) is 2.28. The maximum atomic E-state index is 9.15. The molecule has 0 saturated heterocycles. The first kappa shape index (κ1) is 10.4. The van der Waals surface area contributed by atoms with Gasteiger partial charge in [-0.3, -0.25) is 0 Å². The van der Waals surface area contributed by atoms with Crippen LogP contribution in [-0.2, 0) is 0 Å².